The summed E-state index contributed by atoms with van der Waals surface area (Å²) in [4.78, 5) is 4.23. The van der Waals surface area contributed by atoms with E-state index < -0.39 is 5.60 Å². The number of halogens is 1. The van der Waals surface area contributed by atoms with Gasteiger partial charge in [0, 0.05) is 31.7 Å². The van der Waals surface area contributed by atoms with Gasteiger partial charge in [-0.15, -0.1) is 24.0 Å². The van der Waals surface area contributed by atoms with Crippen LogP contribution in [0.5, 0.6) is 5.75 Å². The van der Waals surface area contributed by atoms with E-state index in [0.717, 1.165) is 11.4 Å². The van der Waals surface area contributed by atoms with Crippen LogP contribution in [0, 0.1) is 0 Å². The standard InChI is InChI=1S/C16H25N3O3.HI/c1-12(2)22-14-5-3-13(4-6-14)19-15(17)18-11-16(20)7-9-21-10-8-16;/h3-6,12,20H,7-11H2,1-2H3,(H3,17,18,19);1H. The normalized spacial score (nSPS) is 17.5. The highest BCUT2D eigenvalue weighted by atomic mass is 127. The molecule has 2 rings (SSSR count). The third-order valence-corrected chi connectivity index (χ3v) is 3.47. The van der Waals surface area contributed by atoms with Gasteiger partial charge in [-0.1, -0.05) is 0 Å². The molecule has 0 atom stereocenters. The molecule has 0 unspecified atom stereocenters. The third kappa shape index (κ3) is 6.92. The lowest BCUT2D eigenvalue weighted by Crippen LogP contribution is -2.40. The van der Waals surface area contributed by atoms with Crippen molar-refractivity contribution in [2.75, 3.05) is 25.1 Å². The Bertz CT molecular complexity index is 500. The van der Waals surface area contributed by atoms with Crippen LogP contribution < -0.4 is 15.8 Å². The molecule has 1 heterocycles. The number of aliphatic hydroxyl groups is 1. The quantitative estimate of drug-likeness (QED) is 0.376. The topological polar surface area (TPSA) is 89.1 Å². The van der Waals surface area contributed by atoms with Crippen LogP contribution in [-0.4, -0.2) is 42.5 Å². The van der Waals surface area contributed by atoms with Gasteiger partial charge >= 0.3 is 0 Å². The molecular weight excluding hydrogens is 409 g/mol. The Hall–Kier alpha value is -1.06. The molecule has 1 aliphatic rings. The van der Waals surface area contributed by atoms with Gasteiger partial charge in [-0.2, -0.15) is 0 Å². The number of ether oxygens (including phenoxy) is 2. The smallest absolute Gasteiger partial charge is 0.193 e. The summed E-state index contributed by atoms with van der Waals surface area (Å²) in [5, 5.41) is 13.3. The van der Waals surface area contributed by atoms with Crippen molar-refractivity contribution in [3.8, 4) is 5.75 Å². The minimum atomic E-state index is -0.806. The lowest BCUT2D eigenvalue weighted by Gasteiger charge is -2.30. The zero-order valence-corrected chi connectivity index (χ0v) is 15.9. The number of nitrogens with one attached hydrogen (secondary N) is 1. The molecule has 0 radical (unpaired) electrons. The lowest BCUT2D eigenvalue weighted by molar-refractivity contribution is -0.0565. The number of nitrogens with two attached hydrogens (primary N) is 1. The first-order valence-corrected chi connectivity index (χ1v) is 7.61. The molecule has 0 saturated carbocycles. The molecule has 0 bridgehead atoms. The second kappa shape index (κ2) is 9.29. The monoisotopic (exact) mass is 435 g/mol. The van der Waals surface area contributed by atoms with E-state index in [2.05, 4.69) is 10.3 Å². The Balaban J connectivity index is 0.00000264. The molecule has 0 aromatic heterocycles. The summed E-state index contributed by atoms with van der Waals surface area (Å²) in [6.45, 7) is 5.38. The van der Waals surface area contributed by atoms with E-state index in [-0.39, 0.29) is 42.6 Å². The molecule has 6 nitrogen and oxygen atoms in total. The Kier molecular flexibility index (Phi) is 8.07. The molecule has 7 heteroatoms. The number of rotatable bonds is 5. The van der Waals surface area contributed by atoms with Crippen molar-refractivity contribution in [3.05, 3.63) is 24.3 Å². The SMILES string of the molecule is CC(C)Oc1ccc(NC(N)=NCC2(O)CCOCC2)cc1.I. The number of guanidine groups is 1. The fraction of sp³-hybridized carbons (Fsp3) is 0.562. The number of hydrogen-bond donors (Lipinski definition) is 3. The summed E-state index contributed by atoms with van der Waals surface area (Å²) >= 11 is 0. The Morgan fingerprint density at radius 3 is 2.52 bits per heavy atom. The van der Waals surface area contributed by atoms with E-state index in [1.165, 1.54) is 0 Å². The molecule has 1 aliphatic heterocycles. The molecule has 1 fully saturated rings. The zero-order valence-electron chi connectivity index (χ0n) is 13.6. The van der Waals surface area contributed by atoms with Crippen molar-refractivity contribution in [1.82, 2.24) is 0 Å². The van der Waals surface area contributed by atoms with E-state index in [4.69, 9.17) is 15.2 Å². The lowest BCUT2D eigenvalue weighted by atomic mass is 9.95. The van der Waals surface area contributed by atoms with Crippen LogP contribution in [0.2, 0.25) is 0 Å². The largest absolute Gasteiger partial charge is 0.491 e. The van der Waals surface area contributed by atoms with Crippen molar-refractivity contribution >= 4 is 35.6 Å². The van der Waals surface area contributed by atoms with Gasteiger partial charge in [0.2, 0.25) is 0 Å². The van der Waals surface area contributed by atoms with Crippen LogP contribution in [-0.2, 0) is 4.74 Å². The van der Waals surface area contributed by atoms with Crippen LogP contribution in [0.25, 0.3) is 0 Å². The predicted octanol–water partition coefficient (Wildman–Crippen LogP) is 2.36. The maximum atomic E-state index is 10.3. The summed E-state index contributed by atoms with van der Waals surface area (Å²) in [6, 6.07) is 7.51. The Labute approximate surface area is 154 Å². The second-order valence-electron chi connectivity index (χ2n) is 5.85. The van der Waals surface area contributed by atoms with Crippen LogP contribution >= 0.6 is 24.0 Å². The van der Waals surface area contributed by atoms with Gasteiger partial charge in [0.1, 0.15) is 5.75 Å². The number of anilines is 1. The molecule has 130 valence electrons. The minimum absolute atomic E-state index is 0. The van der Waals surface area contributed by atoms with Gasteiger partial charge < -0.3 is 25.6 Å². The fourth-order valence-electron chi connectivity index (χ4n) is 2.22. The third-order valence-electron chi connectivity index (χ3n) is 3.47. The van der Waals surface area contributed by atoms with Gasteiger partial charge in [-0.25, -0.2) is 0 Å². The van der Waals surface area contributed by atoms with Crippen LogP contribution in [0.15, 0.2) is 29.3 Å². The molecule has 1 saturated heterocycles. The van der Waals surface area contributed by atoms with Crippen LogP contribution in [0.1, 0.15) is 26.7 Å². The summed E-state index contributed by atoms with van der Waals surface area (Å²) in [7, 11) is 0. The summed E-state index contributed by atoms with van der Waals surface area (Å²) < 4.78 is 10.8. The second-order valence-corrected chi connectivity index (χ2v) is 5.85. The van der Waals surface area contributed by atoms with Crippen molar-refractivity contribution in [2.45, 2.75) is 38.4 Å². The van der Waals surface area contributed by atoms with Crippen molar-refractivity contribution in [1.29, 1.82) is 0 Å². The van der Waals surface area contributed by atoms with Crippen LogP contribution in [0.3, 0.4) is 0 Å². The molecule has 1 aromatic rings. The first-order valence-electron chi connectivity index (χ1n) is 7.61. The fourth-order valence-corrected chi connectivity index (χ4v) is 2.22. The number of benzene rings is 1. The van der Waals surface area contributed by atoms with Crippen molar-refractivity contribution < 1.29 is 14.6 Å². The predicted molar refractivity (Wildman–Crippen MR) is 103 cm³/mol. The summed E-state index contributed by atoms with van der Waals surface area (Å²) in [5.74, 6) is 1.10. The number of aliphatic imine (C=N–C) groups is 1. The van der Waals surface area contributed by atoms with E-state index in [9.17, 15) is 5.11 Å². The first-order chi connectivity index (χ1) is 10.5. The van der Waals surface area contributed by atoms with Gasteiger partial charge in [-0.3, -0.25) is 4.99 Å². The van der Waals surface area contributed by atoms with E-state index in [1.54, 1.807) is 0 Å². The maximum Gasteiger partial charge on any atom is 0.193 e. The van der Waals surface area contributed by atoms with E-state index in [0.29, 0.717) is 26.1 Å². The summed E-state index contributed by atoms with van der Waals surface area (Å²) in [5.41, 5.74) is 5.89. The zero-order chi connectivity index (χ0) is 16.0. The van der Waals surface area contributed by atoms with E-state index >= 15 is 0 Å². The Morgan fingerprint density at radius 1 is 1.35 bits per heavy atom. The molecule has 0 aliphatic carbocycles. The van der Waals surface area contributed by atoms with Gasteiger partial charge in [0.15, 0.2) is 5.96 Å². The molecule has 0 amide bonds. The van der Waals surface area contributed by atoms with Crippen LogP contribution in [0.4, 0.5) is 5.69 Å². The van der Waals surface area contributed by atoms with Crippen molar-refractivity contribution in [3.63, 3.8) is 0 Å². The minimum Gasteiger partial charge on any atom is -0.491 e. The highest BCUT2D eigenvalue weighted by Crippen LogP contribution is 2.21. The first kappa shape index (κ1) is 20.0. The molecule has 23 heavy (non-hydrogen) atoms. The van der Waals surface area contributed by atoms with Gasteiger partial charge in [0.25, 0.3) is 0 Å². The number of nitrogens with zero attached hydrogens (tertiary/aromatic N) is 1. The molecule has 1 aromatic carbocycles. The highest BCUT2D eigenvalue weighted by Gasteiger charge is 2.29. The average molecular weight is 435 g/mol. The molecule has 4 N–H and O–H groups in total. The Morgan fingerprint density at radius 2 is 1.96 bits per heavy atom. The molecular formula is C16H26IN3O3. The number of hydrogen-bond acceptors (Lipinski definition) is 4. The summed E-state index contributed by atoms with van der Waals surface area (Å²) in [6.07, 6.45) is 1.32. The van der Waals surface area contributed by atoms with Gasteiger partial charge in [0.05, 0.1) is 18.2 Å². The molecule has 0 spiro atoms. The van der Waals surface area contributed by atoms with Gasteiger partial charge in [-0.05, 0) is 38.1 Å². The van der Waals surface area contributed by atoms with Crippen molar-refractivity contribution in [2.24, 2.45) is 10.7 Å². The van der Waals surface area contributed by atoms with E-state index in [1.807, 2.05) is 38.1 Å². The highest BCUT2D eigenvalue weighted by molar-refractivity contribution is 14.0. The maximum absolute atomic E-state index is 10.3. The average Bonchev–Trinajstić information content (AvgIpc) is 2.48.